The summed E-state index contributed by atoms with van der Waals surface area (Å²) >= 11 is 0. The normalized spacial score (nSPS) is 14.3. The van der Waals surface area contributed by atoms with Crippen molar-refractivity contribution in [3.63, 3.8) is 0 Å². The molecule has 292 valence electrons. The number of carboxylic acids is 1. The van der Waals surface area contributed by atoms with Gasteiger partial charge in [0.15, 0.2) is 0 Å². The maximum atomic E-state index is 13.5. The van der Waals surface area contributed by atoms with E-state index in [0.29, 0.717) is 19.1 Å². The molecular formula is C31H58N10O10. The molecule has 0 aromatic heterocycles. The van der Waals surface area contributed by atoms with E-state index in [1.54, 1.807) is 13.8 Å². The third kappa shape index (κ3) is 21.8. The molecule has 0 aliphatic heterocycles. The molecule has 0 spiro atoms. The van der Waals surface area contributed by atoms with Crippen molar-refractivity contribution < 1.29 is 48.3 Å². The van der Waals surface area contributed by atoms with Gasteiger partial charge in [-0.15, -0.1) is 0 Å². The summed E-state index contributed by atoms with van der Waals surface area (Å²) < 4.78 is 0. The lowest BCUT2D eigenvalue weighted by Crippen LogP contribution is -2.57. The summed E-state index contributed by atoms with van der Waals surface area (Å²) in [5, 5.41) is 19.5. The number of amides is 4. The molecule has 0 saturated carbocycles. The standard InChI is InChI=1S/C31H58N10O10/c1-6-10-51-41-23(13-25(32)44)30(50)38-22(12-18(4)5)29(49)37-20(8-7-9-35-31(33)34)28(48)36-15-24(43)27(47)21(14-26(45)46)40-39-19(16-42)11-17(2)3/h16-23,31,35,39-41H,6-15,33-34H2,1-5H3,(H2,32,44)(H,36,48)(H,37,49)(H,38,50)(H,45,46)/t19-,20-,21-,22-,23-/m0/s1. The third-order valence-electron chi connectivity index (χ3n) is 7.00. The first-order valence-corrected chi connectivity index (χ1v) is 16.9. The molecule has 0 saturated heterocycles. The molecule has 20 nitrogen and oxygen atoms in total. The number of aliphatic carboxylic acids is 1. The number of hydrazine groups is 1. The first kappa shape index (κ1) is 47.1. The van der Waals surface area contributed by atoms with Gasteiger partial charge in [-0.3, -0.25) is 38.9 Å². The minimum absolute atomic E-state index is 0.00847. The molecule has 0 aliphatic carbocycles. The van der Waals surface area contributed by atoms with Gasteiger partial charge in [0.05, 0.1) is 38.1 Å². The van der Waals surface area contributed by atoms with Gasteiger partial charge in [-0.05, 0) is 50.5 Å². The van der Waals surface area contributed by atoms with Gasteiger partial charge in [-0.1, -0.05) is 34.6 Å². The maximum absolute atomic E-state index is 13.5. The second-order valence-electron chi connectivity index (χ2n) is 12.9. The van der Waals surface area contributed by atoms with Crippen molar-refractivity contribution in [2.75, 3.05) is 19.7 Å². The van der Waals surface area contributed by atoms with Gasteiger partial charge >= 0.3 is 5.97 Å². The van der Waals surface area contributed by atoms with Crippen molar-refractivity contribution in [2.45, 2.75) is 116 Å². The molecule has 0 bridgehead atoms. The van der Waals surface area contributed by atoms with Crippen LogP contribution in [-0.2, 0) is 43.2 Å². The lowest BCUT2D eigenvalue weighted by atomic mass is 10.0. The Balaban J connectivity index is 5.88. The van der Waals surface area contributed by atoms with Gasteiger partial charge in [0.1, 0.15) is 30.7 Å². The predicted octanol–water partition coefficient (Wildman–Crippen LogP) is -3.45. The number of carboxylic acid groups (broad SMARTS) is 1. The largest absolute Gasteiger partial charge is 0.481 e. The molecular weight excluding hydrogens is 672 g/mol. The molecule has 0 unspecified atom stereocenters. The highest BCUT2D eigenvalue weighted by atomic mass is 16.6. The Morgan fingerprint density at radius 2 is 1.41 bits per heavy atom. The van der Waals surface area contributed by atoms with Crippen LogP contribution in [0.5, 0.6) is 0 Å². The Kier molecular flexibility index (Phi) is 23.9. The fraction of sp³-hybridized carbons (Fsp3) is 0.742. The van der Waals surface area contributed by atoms with Crippen LogP contribution < -0.4 is 54.8 Å². The molecule has 5 atom stereocenters. The van der Waals surface area contributed by atoms with E-state index in [2.05, 4.69) is 37.6 Å². The summed E-state index contributed by atoms with van der Waals surface area (Å²) in [4.78, 5) is 105. The molecule has 0 fully saturated rings. The van der Waals surface area contributed by atoms with Gasteiger partial charge in [0.25, 0.3) is 0 Å². The Hall–Kier alpha value is -3.92. The number of Topliss-reactive ketones (excluding diaryl/α,β-unsaturated/α-hetero) is 2. The van der Waals surface area contributed by atoms with Crippen molar-refractivity contribution in [3.05, 3.63) is 0 Å². The van der Waals surface area contributed by atoms with Crippen molar-refractivity contribution in [2.24, 2.45) is 29.0 Å². The summed E-state index contributed by atoms with van der Waals surface area (Å²) in [6, 6.07) is -5.96. The average Bonchev–Trinajstić information content (AvgIpc) is 3.03. The number of primary amides is 1. The number of carbonyl (C=O) groups is 8. The van der Waals surface area contributed by atoms with E-state index in [0.717, 1.165) is 0 Å². The fourth-order valence-electron chi connectivity index (χ4n) is 4.56. The predicted molar refractivity (Wildman–Crippen MR) is 184 cm³/mol. The monoisotopic (exact) mass is 730 g/mol. The Bertz CT molecular complexity index is 1150. The van der Waals surface area contributed by atoms with Crippen LogP contribution >= 0.6 is 0 Å². The van der Waals surface area contributed by atoms with Crippen LogP contribution in [-0.4, -0.2) is 109 Å². The molecule has 0 aromatic rings. The van der Waals surface area contributed by atoms with Crippen LogP contribution in [0, 0.1) is 11.8 Å². The van der Waals surface area contributed by atoms with E-state index in [9.17, 15) is 43.5 Å². The number of ketones is 2. The molecule has 14 N–H and O–H groups in total. The van der Waals surface area contributed by atoms with Crippen LogP contribution in [0.3, 0.4) is 0 Å². The maximum Gasteiger partial charge on any atom is 0.305 e. The van der Waals surface area contributed by atoms with Crippen LogP contribution in [0.15, 0.2) is 0 Å². The van der Waals surface area contributed by atoms with E-state index in [1.165, 1.54) is 0 Å². The molecule has 4 amide bonds. The minimum atomic E-state index is -1.55. The zero-order valence-electron chi connectivity index (χ0n) is 30.1. The van der Waals surface area contributed by atoms with E-state index in [-0.39, 0.29) is 44.2 Å². The van der Waals surface area contributed by atoms with E-state index >= 15 is 0 Å². The van der Waals surface area contributed by atoms with Crippen molar-refractivity contribution >= 4 is 47.5 Å². The van der Waals surface area contributed by atoms with Crippen molar-refractivity contribution in [1.82, 2.24) is 37.6 Å². The quantitative estimate of drug-likeness (QED) is 0.0113. The van der Waals surface area contributed by atoms with E-state index in [1.807, 2.05) is 20.8 Å². The summed E-state index contributed by atoms with van der Waals surface area (Å²) in [6.07, 6.45) is -0.0920. The summed E-state index contributed by atoms with van der Waals surface area (Å²) in [5.41, 5.74) is 23.8. The lowest BCUT2D eigenvalue weighted by Gasteiger charge is -2.26. The number of hydrogen-bond donors (Lipinski definition) is 11. The summed E-state index contributed by atoms with van der Waals surface area (Å²) in [6.45, 7) is 8.80. The van der Waals surface area contributed by atoms with Crippen molar-refractivity contribution in [3.8, 4) is 0 Å². The molecule has 20 heteroatoms. The molecule has 0 aliphatic rings. The number of nitrogens with one attached hydrogen (secondary N) is 7. The zero-order valence-corrected chi connectivity index (χ0v) is 30.1. The number of hydrogen-bond acceptors (Lipinski definition) is 15. The summed E-state index contributed by atoms with van der Waals surface area (Å²) in [7, 11) is 0. The van der Waals surface area contributed by atoms with Gasteiger partial charge in [-0.25, -0.2) is 10.9 Å². The number of carbonyl (C=O) groups excluding carboxylic acids is 7. The second kappa shape index (κ2) is 25.9. The minimum Gasteiger partial charge on any atom is -0.481 e. The lowest BCUT2D eigenvalue weighted by molar-refractivity contribution is -0.142. The van der Waals surface area contributed by atoms with Gasteiger partial charge in [-0.2, -0.15) is 5.48 Å². The first-order valence-electron chi connectivity index (χ1n) is 16.9. The van der Waals surface area contributed by atoms with Crippen LogP contribution in [0.1, 0.15) is 79.6 Å². The highest BCUT2D eigenvalue weighted by Crippen LogP contribution is 2.09. The van der Waals surface area contributed by atoms with Crippen LogP contribution in [0.2, 0.25) is 0 Å². The molecule has 0 aromatic carbocycles. The molecule has 0 radical (unpaired) electrons. The van der Waals surface area contributed by atoms with E-state index in [4.69, 9.17) is 22.0 Å². The molecule has 51 heavy (non-hydrogen) atoms. The van der Waals surface area contributed by atoms with Gasteiger partial charge < -0.3 is 47.9 Å². The number of hydroxylamine groups is 1. The molecule has 0 rings (SSSR count). The first-order chi connectivity index (χ1) is 23.9. The Morgan fingerprint density at radius 1 is 0.804 bits per heavy atom. The summed E-state index contributed by atoms with van der Waals surface area (Å²) in [5.74, 6) is -6.86. The highest BCUT2D eigenvalue weighted by molar-refractivity contribution is 6.40. The number of aldehydes is 1. The number of rotatable bonds is 30. The second-order valence-corrected chi connectivity index (χ2v) is 12.9. The van der Waals surface area contributed by atoms with Crippen LogP contribution in [0.4, 0.5) is 0 Å². The topological polar surface area (TPSA) is 328 Å². The zero-order chi connectivity index (χ0) is 39.1. The average molecular weight is 731 g/mol. The number of nitrogens with two attached hydrogens (primary N) is 3. The molecule has 0 heterocycles. The third-order valence-corrected chi connectivity index (χ3v) is 7.00. The fourth-order valence-corrected chi connectivity index (χ4v) is 4.56. The van der Waals surface area contributed by atoms with Gasteiger partial charge in [0.2, 0.25) is 35.2 Å². The van der Waals surface area contributed by atoms with Gasteiger partial charge in [0, 0.05) is 0 Å². The SMILES string of the molecule is CCCON[C@@H](CC(N)=O)C(=O)N[C@@H](CC(C)C)C(=O)N[C@@H](CCCNC(N)N)C(=O)NCC(=O)C(=O)[C@H](CC(=O)O)NN[C@H](C=O)CC(C)C. The highest BCUT2D eigenvalue weighted by Gasteiger charge is 2.32. The van der Waals surface area contributed by atoms with Crippen molar-refractivity contribution in [1.29, 1.82) is 0 Å². The smallest absolute Gasteiger partial charge is 0.305 e. The Morgan fingerprint density at radius 3 is 1.94 bits per heavy atom. The van der Waals surface area contributed by atoms with E-state index < -0.39 is 97.0 Å². The van der Waals surface area contributed by atoms with Crippen LogP contribution in [0.25, 0.3) is 0 Å². The Labute approximate surface area is 298 Å².